The van der Waals surface area contributed by atoms with Gasteiger partial charge in [0, 0.05) is 30.9 Å². The molecule has 3 nitrogen and oxygen atoms in total. The maximum Gasteiger partial charge on any atom is 0.123 e. The zero-order valence-electron chi connectivity index (χ0n) is 11.9. The third-order valence-electron chi connectivity index (χ3n) is 3.59. The highest BCUT2D eigenvalue weighted by Crippen LogP contribution is 2.16. The highest BCUT2D eigenvalue weighted by molar-refractivity contribution is 5.25. The fourth-order valence-corrected chi connectivity index (χ4v) is 2.22. The van der Waals surface area contributed by atoms with E-state index in [1.165, 1.54) is 11.6 Å². The molecule has 0 saturated heterocycles. The van der Waals surface area contributed by atoms with E-state index < -0.39 is 0 Å². The zero-order valence-corrected chi connectivity index (χ0v) is 11.9. The van der Waals surface area contributed by atoms with E-state index in [1.54, 1.807) is 12.1 Å². The molecule has 0 radical (unpaired) electrons. The average Bonchev–Trinajstić information content (AvgIpc) is 2.61. The van der Waals surface area contributed by atoms with Gasteiger partial charge in [-0.15, -0.1) is 0 Å². The Labute approximate surface area is 113 Å². The molecule has 0 aliphatic rings. The van der Waals surface area contributed by atoms with E-state index in [9.17, 15) is 4.39 Å². The van der Waals surface area contributed by atoms with E-state index >= 15 is 0 Å². The zero-order chi connectivity index (χ0) is 14.0. The molecule has 0 amide bonds. The van der Waals surface area contributed by atoms with Crippen LogP contribution in [0.2, 0.25) is 0 Å². The van der Waals surface area contributed by atoms with E-state index in [4.69, 9.17) is 0 Å². The molecule has 4 heteroatoms. The van der Waals surface area contributed by atoms with Crippen LogP contribution in [0.5, 0.6) is 0 Å². The summed E-state index contributed by atoms with van der Waals surface area (Å²) in [4.78, 5) is 0. The van der Waals surface area contributed by atoms with Gasteiger partial charge in [-0.05, 0) is 38.5 Å². The molecule has 0 aliphatic carbocycles. The second-order valence-corrected chi connectivity index (χ2v) is 4.93. The van der Waals surface area contributed by atoms with Crippen LogP contribution >= 0.6 is 0 Å². The number of hydrogen-bond acceptors (Lipinski definition) is 2. The molecular weight excluding hydrogens is 241 g/mol. The summed E-state index contributed by atoms with van der Waals surface area (Å²) in [6.45, 7) is 6.85. The van der Waals surface area contributed by atoms with Gasteiger partial charge in [-0.25, -0.2) is 4.39 Å². The SMILES string of the molecule is Cc1nn(C)c(C)c1CN[C@@H](C)c1cccc(F)c1. The van der Waals surface area contributed by atoms with Gasteiger partial charge in [-0.3, -0.25) is 4.68 Å². The van der Waals surface area contributed by atoms with Crippen LogP contribution in [-0.4, -0.2) is 9.78 Å². The molecule has 0 aliphatic heterocycles. The standard InChI is InChI=1S/C15H20FN3/c1-10(13-6-5-7-14(16)8-13)17-9-15-11(2)18-19(4)12(15)3/h5-8,10,17H,9H2,1-4H3/t10-/m0/s1. The number of benzene rings is 1. The predicted molar refractivity (Wildman–Crippen MR) is 74.3 cm³/mol. The normalized spacial score (nSPS) is 12.7. The molecule has 0 spiro atoms. The highest BCUT2D eigenvalue weighted by Gasteiger charge is 2.11. The summed E-state index contributed by atoms with van der Waals surface area (Å²) in [5.41, 5.74) is 4.38. The Morgan fingerprint density at radius 2 is 2.11 bits per heavy atom. The summed E-state index contributed by atoms with van der Waals surface area (Å²) in [6, 6.07) is 6.81. The van der Waals surface area contributed by atoms with Crippen LogP contribution in [0.1, 0.15) is 35.5 Å². The molecule has 0 saturated carbocycles. The number of halogens is 1. The smallest absolute Gasteiger partial charge is 0.123 e. The number of aryl methyl sites for hydroxylation is 2. The van der Waals surface area contributed by atoms with Gasteiger partial charge in [0.2, 0.25) is 0 Å². The minimum absolute atomic E-state index is 0.106. The predicted octanol–water partition coefficient (Wildman–Crippen LogP) is 3.03. The van der Waals surface area contributed by atoms with Crippen molar-refractivity contribution in [2.24, 2.45) is 7.05 Å². The summed E-state index contributed by atoms with van der Waals surface area (Å²) in [7, 11) is 1.95. The summed E-state index contributed by atoms with van der Waals surface area (Å²) in [6.07, 6.45) is 0. The van der Waals surface area contributed by atoms with Crippen LogP contribution in [0, 0.1) is 19.7 Å². The van der Waals surface area contributed by atoms with Crippen molar-refractivity contribution in [1.29, 1.82) is 0 Å². The summed E-state index contributed by atoms with van der Waals surface area (Å²) >= 11 is 0. The molecule has 1 atom stereocenters. The van der Waals surface area contributed by atoms with Crippen LogP contribution in [0.4, 0.5) is 4.39 Å². The van der Waals surface area contributed by atoms with Crippen LogP contribution in [0.25, 0.3) is 0 Å². The minimum atomic E-state index is -0.195. The summed E-state index contributed by atoms with van der Waals surface area (Å²) in [5, 5.41) is 7.81. The second-order valence-electron chi connectivity index (χ2n) is 4.93. The molecule has 102 valence electrons. The lowest BCUT2D eigenvalue weighted by atomic mass is 10.1. The van der Waals surface area contributed by atoms with Crippen LogP contribution in [0.15, 0.2) is 24.3 Å². The topological polar surface area (TPSA) is 29.9 Å². The van der Waals surface area contributed by atoms with Gasteiger partial charge in [0.25, 0.3) is 0 Å². The van der Waals surface area contributed by atoms with Crippen molar-refractivity contribution >= 4 is 0 Å². The molecule has 1 aromatic heterocycles. The first-order valence-electron chi connectivity index (χ1n) is 6.47. The van der Waals surface area contributed by atoms with Gasteiger partial charge in [0.1, 0.15) is 5.82 Å². The maximum absolute atomic E-state index is 13.2. The molecule has 1 aromatic carbocycles. The largest absolute Gasteiger partial charge is 0.306 e. The summed E-state index contributed by atoms with van der Waals surface area (Å²) in [5.74, 6) is -0.195. The Morgan fingerprint density at radius 1 is 1.37 bits per heavy atom. The van der Waals surface area contributed by atoms with Gasteiger partial charge in [-0.1, -0.05) is 12.1 Å². The van der Waals surface area contributed by atoms with E-state index in [-0.39, 0.29) is 11.9 Å². The Balaban J connectivity index is 2.06. The van der Waals surface area contributed by atoms with Gasteiger partial charge >= 0.3 is 0 Å². The molecule has 2 rings (SSSR count). The first-order chi connectivity index (χ1) is 8.99. The lowest BCUT2D eigenvalue weighted by molar-refractivity contribution is 0.562. The van der Waals surface area contributed by atoms with Crippen molar-refractivity contribution in [3.63, 3.8) is 0 Å². The van der Waals surface area contributed by atoms with Crippen molar-refractivity contribution in [3.8, 4) is 0 Å². The van der Waals surface area contributed by atoms with Crippen molar-refractivity contribution in [2.45, 2.75) is 33.4 Å². The maximum atomic E-state index is 13.2. The first kappa shape index (κ1) is 13.7. The van der Waals surface area contributed by atoms with E-state index in [2.05, 4.69) is 17.3 Å². The number of rotatable bonds is 4. The number of nitrogens with one attached hydrogen (secondary N) is 1. The number of aromatic nitrogens is 2. The van der Waals surface area contributed by atoms with Gasteiger partial charge in [0.05, 0.1) is 5.69 Å². The number of nitrogens with zero attached hydrogens (tertiary/aromatic N) is 2. The van der Waals surface area contributed by atoms with E-state index in [0.717, 1.165) is 23.5 Å². The second kappa shape index (κ2) is 5.53. The van der Waals surface area contributed by atoms with Crippen molar-refractivity contribution in [1.82, 2.24) is 15.1 Å². The van der Waals surface area contributed by atoms with Crippen molar-refractivity contribution in [3.05, 3.63) is 52.6 Å². The monoisotopic (exact) mass is 261 g/mol. The Morgan fingerprint density at radius 3 is 2.68 bits per heavy atom. The first-order valence-corrected chi connectivity index (χ1v) is 6.47. The molecule has 19 heavy (non-hydrogen) atoms. The van der Waals surface area contributed by atoms with E-state index in [1.807, 2.05) is 31.6 Å². The van der Waals surface area contributed by atoms with Crippen LogP contribution in [-0.2, 0) is 13.6 Å². The Bertz CT molecular complexity index is 575. The quantitative estimate of drug-likeness (QED) is 0.916. The average molecular weight is 261 g/mol. The van der Waals surface area contributed by atoms with Crippen LogP contribution < -0.4 is 5.32 Å². The molecule has 2 aromatic rings. The molecule has 1 N–H and O–H groups in total. The lowest BCUT2D eigenvalue weighted by Crippen LogP contribution is -2.19. The number of hydrogen-bond donors (Lipinski definition) is 1. The molecule has 1 heterocycles. The minimum Gasteiger partial charge on any atom is -0.306 e. The molecule has 0 fully saturated rings. The van der Waals surface area contributed by atoms with Gasteiger partial charge in [-0.2, -0.15) is 5.10 Å². The van der Waals surface area contributed by atoms with Crippen molar-refractivity contribution < 1.29 is 4.39 Å². The fraction of sp³-hybridized carbons (Fsp3) is 0.400. The Kier molecular flexibility index (Phi) is 4.00. The van der Waals surface area contributed by atoms with Crippen molar-refractivity contribution in [2.75, 3.05) is 0 Å². The van der Waals surface area contributed by atoms with Gasteiger partial charge < -0.3 is 5.32 Å². The van der Waals surface area contributed by atoms with E-state index in [0.29, 0.717) is 0 Å². The molecular formula is C15H20FN3. The summed E-state index contributed by atoms with van der Waals surface area (Å²) < 4.78 is 15.1. The fourth-order valence-electron chi connectivity index (χ4n) is 2.22. The third-order valence-corrected chi connectivity index (χ3v) is 3.59. The van der Waals surface area contributed by atoms with Crippen LogP contribution in [0.3, 0.4) is 0 Å². The molecule has 0 unspecified atom stereocenters. The third kappa shape index (κ3) is 3.01. The lowest BCUT2D eigenvalue weighted by Gasteiger charge is -2.14. The molecule has 0 bridgehead atoms. The highest BCUT2D eigenvalue weighted by atomic mass is 19.1. The van der Waals surface area contributed by atoms with Gasteiger partial charge in [0.15, 0.2) is 0 Å². The Hall–Kier alpha value is -1.68.